The number of esters is 1. The predicted molar refractivity (Wildman–Crippen MR) is 182 cm³/mol. The lowest BCUT2D eigenvalue weighted by Crippen LogP contribution is -2.27. The summed E-state index contributed by atoms with van der Waals surface area (Å²) in [4.78, 5) is 12.1. The van der Waals surface area contributed by atoms with Crippen LogP contribution < -0.4 is 0 Å². The Morgan fingerprint density at radius 1 is 0.595 bits per heavy atom. The Kier molecular flexibility index (Phi) is 34.1. The van der Waals surface area contributed by atoms with Crippen LogP contribution in [-0.2, 0) is 14.3 Å². The summed E-state index contributed by atoms with van der Waals surface area (Å²) in [7, 11) is 0. The van der Waals surface area contributed by atoms with Gasteiger partial charge >= 0.3 is 5.97 Å². The molecule has 42 heavy (non-hydrogen) atoms. The topological polar surface area (TPSA) is 55.8 Å². The van der Waals surface area contributed by atoms with Crippen LogP contribution in [0, 0.1) is 0 Å². The van der Waals surface area contributed by atoms with E-state index in [9.17, 15) is 9.90 Å². The molecule has 0 aromatic heterocycles. The molecule has 0 rings (SSSR count). The number of hydrogen-bond acceptors (Lipinski definition) is 4. The molecule has 0 aromatic rings. The van der Waals surface area contributed by atoms with Gasteiger partial charge in [-0.25, -0.2) is 0 Å². The zero-order valence-corrected chi connectivity index (χ0v) is 27.8. The largest absolute Gasteiger partial charge is 0.457 e. The minimum atomic E-state index is -0.569. The molecule has 0 saturated carbocycles. The van der Waals surface area contributed by atoms with Crippen molar-refractivity contribution in [3.8, 4) is 0 Å². The van der Waals surface area contributed by atoms with Gasteiger partial charge in [0, 0.05) is 13.0 Å². The average Bonchev–Trinajstić information content (AvgIpc) is 3.00. The molecule has 244 valence electrons. The summed E-state index contributed by atoms with van der Waals surface area (Å²) in [6.45, 7) is 5.16. The Hall–Kier alpha value is -1.65. The minimum Gasteiger partial charge on any atom is -0.457 e. The van der Waals surface area contributed by atoms with Crippen LogP contribution in [0.4, 0.5) is 0 Å². The molecular weight excluding hydrogens is 520 g/mol. The maximum absolute atomic E-state index is 12.1. The first-order valence-corrected chi connectivity index (χ1v) is 17.7. The van der Waals surface area contributed by atoms with Crippen LogP contribution in [-0.4, -0.2) is 37.0 Å². The molecule has 0 bridgehead atoms. The van der Waals surface area contributed by atoms with Crippen LogP contribution >= 0.6 is 0 Å². The maximum Gasteiger partial charge on any atom is 0.306 e. The molecule has 0 aliphatic rings. The molecule has 4 heteroatoms. The molecule has 1 atom stereocenters. The van der Waals surface area contributed by atoms with E-state index in [2.05, 4.69) is 56.4 Å². The number of unbranched alkanes of at least 4 members (excludes halogenated alkanes) is 16. The minimum absolute atomic E-state index is 0.200. The third kappa shape index (κ3) is 32.9. The van der Waals surface area contributed by atoms with E-state index in [0.717, 1.165) is 32.1 Å². The Bertz CT molecular complexity index is 664. The number of aliphatic hydroxyl groups is 1. The first-order chi connectivity index (χ1) is 20.7. The van der Waals surface area contributed by atoms with E-state index in [1.807, 2.05) is 6.08 Å². The van der Waals surface area contributed by atoms with Crippen LogP contribution in [0.3, 0.4) is 0 Å². The third-order valence-corrected chi connectivity index (χ3v) is 7.43. The van der Waals surface area contributed by atoms with E-state index in [0.29, 0.717) is 19.4 Å². The SMILES string of the molecule is CC/C=C\C/C=C\C/C=C\C/C=C\CCC(=O)OC(CO)COCCCCCCCCCCCCCCCCCCC. The van der Waals surface area contributed by atoms with Gasteiger partial charge < -0.3 is 14.6 Å². The lowest BCUT2D eigenvalue weighted by Gasteiger charge is -2.15. The number of allylic oxidation sites excluding steroid dienone is 8. The summed E-state index contributed by atoms with van der Waals surface area (Å²) in [5.41, 5.74) is 0. The molecule has 0 heterocycles. The van der Waals surface area contributed by atoms with Gasteiger partial charge in [-0.05, 0) is 38.5 Å². The van der Waals surface area contributed by atoms with Crippen molar-refractivity contribution in [2.24, 2.45) is 0 Å². The molecule has 0 amide bonds. The van der Waals surface area contributed by atoms with Gasteiger partial charge in [0.05, 0.1) is 13.2 Å². The van der Waals surface area contributed by atoms with E-state index in [1.165, 1.54) is 103 Å². The highest BCUT2D eigenvalue weighted by atomic mass is 16.6. The quantitative estimate of drug-likeness (QED) is 0.0482. The van der Waals surface area contributed by atoms with E-state index < -0.39 is 6.10 Å². The molecule has 0 aliphatic heterocycles. The number of aliphatic hydroxyl groups excluding tert-OH is 1. The van der Waals surface area contributed by atoms with Gasteiger partial charge in [-0.2, -0.15) is 0 Å². The number of carbonyl (C=O) groups is 1. The Labute approximate surface area is 261 Å². The van der Waals surface area contributed by atoms with Crippen molar-refractivity contribution in [1.29, 1.82) is 0 Å². The van der Waals surface area contributed by atoms with Crippen LogP contribution in [0.15, 0.2) is 48.6 Å². The molecule has 0 radical (unpaired) electrons. The van der Waals surface area contributed by atoms with E-state index >= 15 is 0 Å². The molecule has 0 fully saturated rings. The standard InChI is InChI=1S/C38H68O4/c1-3-5-7-9-11-13-15-17-18-19-20-22-24-26-28-30-32-34-41-36-37(35-39)42-38(40)33-31-29-27-25-23-21-16-14-12-10-8-6-4-2/h6,8,12,14,21,23,27,29,37,39H,3-5,7,9-11,13,15-20,22,24-26,28,30-36H2,1-2H3/b8-6-,14-12-,23-21-,29-27-. The summed E-state index contributed by atoms with van der Waals surface area (Å²) in [5.74, 6) is -0.280. The molecule has 0 aromatic carbocycles. The van der Waals surface area contributed by atoms with Gasteiger partial charge in [0.15, 0.2) is 0 Å². The monoisotopic (exact) mass is 589 g/mol. The number of carbonyl (C=O) groups excluding carboxylic acids is 1. The van der Waals surface area contributed by atoms with Gasteiger partial charge in [-0.1, -0.05) is 165 Å². The Morgan fingerprint density at radius 3 is 1.48 bits per heavy atom. The summed E-state index contributed by atoms with van der Waals surface area (Å²) in [6, 6.07) is 0. The normalized spacial score (nSPS) is 12.9. The fraction of sp³-hybridized carbons (Fsp3) is 0.763. The average molecular weight is 589 g/mol. The van der Waals surface area contributed by atoms with Crippen molar-refractivity contribution in [3.63, 3.8) is 0 Å². The van der Waals surface area contributed by atoms with Crippen LogP contribution in [0.5, 0.6) is 0 Å². The van der Waals surface area contributed by atoms with Crippen molar-refractivity contribution in [2.75, 3.05) is 19.8 Å². The zero-order valence-electron chi connectivity index (χ0n) is 27.8. The summed E-state index contributed by atoms with van der Waals surface area (Å²) >= 11 is 0. The smallest absolute Gasteiger partial charge is 0.306 e. The molecule has 0 aliphatic carbocycles. The van der Waals surface area contributed by atoms with Gasteiger partial charge in [-0.15, -0.1) is 0 Å². The highest BCUT2D eigenvalue weighted by Crippen LogP contribution is 2.14. The summed E-state index contributed by atoms with van der Waals surface area (Å²) in [6.07, 6.45) is 44.5. The fourth-order valence-electron chi connectivity index (χ4n) is 4.81. The molecule has 1 unspecified atom stereocenters. The predicted octanol–water partition coefficient (Wildman–Crippen LogP) is 11.1. The van der Waals surface area contributed by atoms with Crippen molar-refractivity contribution in [1.82, 2.24) is 0 Å². The third-order valence-electron chi connectivity index (χ3n) is 7.43. The first kappa shape index (κ1) is 40.4. The Morgan fingerprint density at radius 2 is 1.02 bits per heavy atom. The second kappa shape index (κ2) is 35.5. The zero-order chi connectivity index (χ0) is 30.6. The number of hydrogen-bond donors (Lipinski definition) is 1. The van der Waals surface area contributed by atoms with Gasteiger partial charge in [-0.3, -0.25) is 4.79 Å². The number of ether oxygens (including phenoxy) is 2. The molecule has 0 spiro atoms. The van der Waals surface area contributed by atoms with Crippen molar-refractivity contribution < 1.29 is 19.4 Å². The van der Waals surface area contributed by atoms with Gasteiger partial charge in [0.1, 0.15) is 6.10 Å². The van der Waals surface area contributed by atoms with E-state index in [4.69, 9.17) is 9.47 Å². The second-order valence-electron chi connectivity index (χ2n) is 11.6. The molecular formula is C38H68O4. The van der Waals surface area contributed by atoms with E-state index in [-0.39, 0.29) is 19.2 Å². The molecule has 0 saturated heterocycles. The Balaban J connectivity index is 3.51. The van der Waals surface area contributed by atoms with Crippen molar-refractivity contribution in [2.45, 2.75) is 168 Å². The van der Waals surface area contributed by atoms with E-state index in [1.54, 1.807) is 0 Å². The number of rotatable bonds is 32. The summed E-state index contributed by atoms with van der Waals surface area (Å²) < 4.78 is 11.0. The van der Waals surface area contributed by atoms with Gasteiger partial charge in [0.2, 0.25) is 0 Å². The molecule has 4 nitrogen and oxygen atoms in total. The lowest BCUT2D eigenvalue weighted by atomic mass is 10.0. The van der Waals surface area contributed by atoms with Crippen LogP contribution in [0.1, 0.15) is 162 Å². The first-order valence-electron chi connectivity index (χ1n) is 17.7. The maximum atomic E-state index is 12.1. The van der Waals surface area contributed by atoms with Crippen molar-refractivity contribution in [3.05, 3.63) is 48.6 Å². The van der Waals surface area contributed by atoms with Crippen LogP contribution in [0.2, 0.25) is 0 Å². The lowest BCUT2D eigenvalue weighted by molar-refractivity contribution is -0.154. The highest BCUT2D eigenvalue weighted by Gasteiger charge is 2.13. The molecule has 1 N–H and O–H groups in total. The van der Waals surface area contributed by atoms with Crippen molar-refractivity contribution >= 4 is 5.97 Å². The highest BCUT2D eigenvalue weighted by molar-refractivity contribution is 5.69. The fourth-order valence-corrected chi connectivity index (χ4v) is 4.81. The van der Waals surface area contributed by atoms with Crippen LogP contribution in [0.25, 0.3) is 0 Å². The summed E-state index contributed by atoms with van der Waals surface area (Å²) in [5, 5.41) is 9.52. The second-order valence-corrected chi connectivity index (χ2v) is 11.6. The van der Waals surface area contributed by atoms with Gasteiger partial charge in [0.25, 0.3) is 0 Å².